The number of nitrogens with one attached hydrogen (secondary N) is 2. The second-order valence-electron chi connectivity index (χ2n) is 6.79. The molecule has 1 heterocycles. The summed E-state index contributed by atoms with van der Waals surface area (Å²) in [5.74, 6) is 0. The fourth-order valence-electron chi connectivity index (χ4n) is 2.93. The molecule has 3 heteroatoms. The van der Waals surface area contributed by atoms with E-state index in [0.717, 1.165) is 45.3 Å². The van der Waals surface area contributed by atoms with Crippen molar-refractivity contribution in [1.82, 2.24) is 10.6 Å². The first-order valence-electron chi connectivity index (χ1n) is 7.16. The van der Waals surface area contributed by atoms with Crippen molar-refractivity contribution in [2.75, 3.05) is 19.6 Å². The molecule has 0 atom stereocenters. The van der Waals surface area contributed by atoms with Crippen LogP contribution in [0.25, 0.3) is 0 Å². The zero-order chi connectivity index (χ0) is 12.4. The molecule has 0 bridgehead atoms. The Balaban J connectivity index is 1.74. The summed E-state index contributed by atoms with van der Waals surface area (Å²) in [6.07, 6.45) is 6.61. The van der Waals surface area contributed by atoms with E-state index in [-0.39, 0.29) is 0 Å². The molecule has 3 nitrogen and oxygen atoms in total. The van der Waals surface area contributed by atoms with E-state index >= 15 is 0 Å². The molecule has 0 aromatic carbocycles. The second kappa shape index (κ2) is 5.25. The Bertz CT molecular complexity index is 237. The minimum Gasteiger partial charge on any atom is -0.389 e. The van der Waals surface area contributed by atoms with Crippen molar-refractivity contribution in [3.8, 4) is 0 Å². The van der Waals surface area contributed by atoms with Gasteiger partial charge in [0.2, 0.25) is 0 Å². The maximum absolute atomic E-state index is 10.6. The highest BCUT2D eigenvalue weighted by Crippen LogP contribution is 2.39. The van der Waals surface area contributed by atoms with Crippen LogP contribution in [0.15, 0.2) is 0 Å². The lowest BCUT2D eigenvalue weighted by molar-refractivity contribution is -0.0266. The van der Waals surface area contributed by atoms with Crippen LogP contribution < -0.4 is 10.6 Å². The fraction of sp³-hybridized carbons (Fsp3) is 1.00. The summed E-state index contributed by atoms with van der Waals surface area (Å²) >= 11 is 0. The highest BCUT2D eigenvalue weighted by atomic mass is 16.3. The summed E-state index contributed by atoms with van der Waals surface area (Å²) in [7, 11) is 0. The van der Waals surface area contributed by atoms with Crippen molar-refractivity contribution >= 4 is 0 Å². The van der Waals surface area contributed by atoms with Gasteiger partial charge in [0.05, 0.1) is 5.60 Å². The largest absolute Gasteiger partial charge is 0.389 e. The number of piperidine rings is 1. The summed E-state index contributed by atoms with van der Waals surface area (Å²) in [6.45, 7) is 7.64. The monoisotopic (exact) mass is 240 g/mol. The molecule has 0 amide bonds. The lowest BCUT2D eigenvalue weighted by atomic mass is 9.71. The van der Waals surface area contributed by atoms with Gasteiger partial charge in [0.25, 0.3) is 0 Å². The van der Waals surface area contributed by atoms with Crippen molar-refractivity contribution in [2.45, 2.75) is 64.0 Å². The SMILES string of the molecule is CC1(C)CCC(O)(CNC2CCNCC2)CC1. The van der Waals surface area contributed by atoms with E-state index in [2.05, 4.69) is 24.5 Å². The van der Waals surface area contributed by atoms with Gasteiger partial charge in [-0.15, -0.1) is 0 Å². The zero-order valence-corrected chi connectivity index (χ0v) is 11.4. The number of hydrogen-bond acceptors (Lipinski definition) is 3. The van der Waals surface area contributed by atoms with Crippen LogP contribution in [0.2, 0.25) is 0 Å². The van der Waals surface area contributed by atoms with E-state index in [4.69, 9.17) is 0 Å². The molecule has 1 aliphatic heterocycles. The Morgan fingerprint density at radius 2 is 1.71 bits per heavy atom. The van der Waals surface area contributed by atoms with E-state index in [0.29, 0.717) is 11.5 Å². The van der Waals surface area contributed by atoms with Gasteiger partial charge in [-0.3, -0.25) is 0 Å². The number of aliphatic hydroxyl groups is 1. The normalized spacial score (nSPS) is 29.1. The van der Waals surface area contributed by atoms with Crippen LogP contribution in [0.1, 0.15) is 52.4 Å². The maximum Gasteiger partial charge on any atom is 0.0772 e. The van der Waals surface area contributed by atoms with Gasteiger partial charge in [-0.05, 0) is 57.0 Å². The molecular weight excluding hydrogens is 212 g/mol. The first-order valence-corrected chi connectivity index (χ1v) is 7.16. The molecule has 2 fully saturated rings. The van der Waals surface area contributed by atoms with Crippen LogP contribution in [-0.2, 0) is 0 Å². The lowest BCUT2D eigenvalue weighted by Crippen LogP contribution is -2.49. The maximum atomic E-state index is 10.6. The minimum absolute atomic E-state index is 0.432. The Morgan fingerprint density at radius 1 is 1.12 bits per heavy atom. The highest BCUT2D eigenvalue weighted by Gasteiger charge is 2.36. The van der Waals surface area contributed by atoms with Crippen LogP contribution >= 0.6 is 0 Å². The first kappa shape index (κ1) is 13.3. The standard InChI is InChI=1S/C14H28N2O/c1-13(2)5-7-14(17,8-6-13)11-16-12-3-9-15-10-4-12/h12,15-17H,3-11H2,1-2H3. The second-order valence-corrected chi connectivity index (χ2v) is 6.79. The van der Waals surface area contributed by atoms with Gasteiger partial charge >= 0.3 is 0 Å². The third-order valence-electron chi connectivity index (χ3n) is 4.59. The van der Waals surface area contributed by atoms with Gasteiger partial charge in [0, 0.05) is 12.6 Å². The number of hydrogen-bond donors (Lipinski definition) is 3. The molecule has 2 rings (SSSR count). The van der Waals surface area contributed by atoms with Gasteiger partial charge in [-0.25, -0.2) is 0 Å². The molecule has 0 radical (unpaired) electrons. The van der Waals surface area contributed by atoms with E-state index in [1.165, 1.54) is 12.8 Å². The summed E-state index contributed by atoms with van der Waals surface area (Å²) in [5, 5.41) is 17.5. The Labute approximate surface area is 105 Å². The molecule has 0 spiro atoms. The third kappa shape index (κ3) is 3.94. The van der Waals surface area contributed by atoms with E-state index in [1.54, 1.807) is 0 Å². The average Bonchev–Trinajstić information content (AvgIpc) is 2.33. The molecule has 0 aromatic rings. The molecule has 1 saturated heterocycles. The van der Waals surface area contributed by atoms with E-state index in [1.807, 2.05) is 0 Å². The van der Waals surface area contributed by atoms with Crippen molar-refractivity contribution in [3.05, 3.63) is 0 Å². The summed E-state index contributed by atoms with van der Waals surface area (Å²) in [5.41, 5.74) is -0.0125. The predicted octanol–water partition coefficient (Wildman–Crippen LogP) is 1.66. The topological polar surface area (TPSA) is 44.3 Å². The third-order valence-corrected chi connectivity index (χ3v) is 4.59. The van der Waals surface area contributed by atoms with Crippen molar-refractivity contribution in [3.63, 3.8) is 0 Å². The van der Waals surface area contributed by atoms with Gasteiger partial charge in [-0.2, -0.15) is 0 Å². The lowest BCUT2D eigenvalue weighted by Gasteiger charge is -2.41. The molecule has 1 aliphatic carbocycles. The minimum atomic E-state index is -0.444. The number of rotatable bonds is 3. The van der Waals surface area contributed by atoms with Crippen LogP contribution in [-0.4, -0.2) is 36.4 Å². The molecule has 0 unspecified atom stereocenters. The molecule has 100 valence electrons. The quantitative estimate of drug-likeness (QED) is 0.703. The van der Waals surface area contributed by atoms with Crippen LogP contribution in [0.3, 0.4) is 0 Å². The predicted molar refractivity (Wildman–Crippen MR) is 71.1 cm³/mol. The molecule has 17 heavy (non-hydrogen) atoms. The van der Waals surface area contributed by atoms with Gasteiger partial charge in [0.1, 0.15) is 0 Å². The molecule has 3 N–H and O–H groups in total. The fourth-order valence-corrected chi connectivity index (χ4v) is 2.93. The van der Waals surface area contributed by atoms with Crippen LogP contribution in [0.4, 0.5) is 0 Å². The Hall–Kier alpha value is -0.120. The molecule has 1 saturated carbocycles. The van der Waals surface area contributed by atoms with Crippen molar-refractivity contribution in [2.24, 2.45) is 5.41 Å². The Morgan fingerprint density at radius 3 is 2.29 bits per heavy atom. The van der Waals surface area contributed by atoms with E-state index in [9.17, 15) is 5.11 Å². The molecular formula is C14H28N2O. The van der Waals surface area contributed by atoms with E-state index < -0.39 is 5.60 Å². The van der Waals surface area contributed by atoms with Gasteiger partial charge < -0.3 is 15.7 Å². The van der Waals surface area contributed by atoms with Crippen LogP contribution in [0.5, 0.6) is 0 Å². The van der Waals surface area contributed by atoms with Gasteiger partial charge in [-0.1, -0.05) is 13.8 Å². The summed E-state index contributed by atoms with van der Waals surface area (Å²) in [6, 6.07) is 0.607. The average molecular weight is 240 g/mol. The first-order chi connectivity index (χ1) is 7.99. The Kier molecular flexibility index (Phi) is 4.11. The highest BCUT2D eigenvalue weighted by molar-refractivity contribution is 4.91. The molecule has 0 aromatic heterocycles. The zero-order valence-electron chi connectivity index (χ0n) is 11.4. The van der Waals surface area contributed by atoms with Gasteiger partial charge in [0.15, 0.2) is 0 Å². The van der Waals surface area contributed by atoms with Crippen molar-refractivity contribution in [1.29, 1.82) is 0 Å². The van der Waals surface area contributed by atoms with Crippen molar-refractivity contribution < 1.29 is 5.11 Å². The summed E-state index contributed by atoms with van der Waals surface area (Å²) < 4.78 is 0. The molecule has 2 aliphatic rings. The summed E-state index contributed by atoms with van der Waals surface area (Å²) in [4.78, 5) is 0. The smallest absolute Gasteiger partial charge is 0.0772 e. The van der Waals surface area contributed by atoms with Crippen LogP contribution in [0, 0.1) is 5.41 Å².